The van der Waals surface area contributed by atoms with Gasteiger partial charge in [-0.3, -0.25) is 4.79 Å². The third kappa shape index (κ3) is 4.48. The van der Waals surface area contributed by atoms with Gasteiger partial charge in [0.15, 0.2) is 0 Å². The van der Waals surface area contributed by atoms with Gasteiger partial charge < -0.3 is 15.2 Å². The highest BCUT2D eigenvalue weighted by Gasteiger charge is 2.08. The Balaban J connectivity index is 1.97. The number of benzene rings is 2. The molecule has 0 fully saturated rings. The lowest BCUT2D eigenvalue weighted by molar-refractivity contribution is -0.115. The number of methoxy groups -OCH3 is 1. The Hall–Kier alpha value is -2.04. The number of carbonyl (C=O) groups is 1. The van der Waals surface area contributed by atoms with Gasteiger partial charge in [-0.2, -0.15) is 0 Å². The van der Waals surface area contributed by atoms with Crippen molar-refractivity contribution in [1.82, 2.24) is 0 Å². The van der Waals surface area contributed by atoms with E-state index in [0.29, 0.717) is 17.2 Å². The number of halogens is 1. The molecular formula is C17H18ClNO3. The highest BCUT2D eigenvalue weighted by atomic mass is 35.5. The highest BCUT2D eigenvalue weighted by Crippen LogP contribution is 2.23. The van der Waals surface area contributed by atoms with E-state index in [1.807, 2.05) is 24.3 Å². The van der Waals surface area contributed by atoms with Crippen molar-refractivity contribution in [2.24, 2.45) is 0 Å². The Morgan fingerprint density at radius 1 is 1.23 bits per heavy atom. The summed E-state index contributed by atoms with van der Waals surface area (Å²) >= 11 is 6.13. The first kappa shape index (κ1) is 16.3. The van der Waals surface area contributed by atoms with Gasteiger partial charge in [-0.25, -0.2) is 0 Å². The van der Waals surface area contributed by atoms with Crippen molar-refractivity contribution in [3.63, 3.8) is 0 Å². The van der Waals surface area contributed by atoms with E-state index in [0.717, 1.165) is 16.8 Å². The molecule has 22 heavy (non-hydrogen) atoms. The van der Waals surface area contributed by atoms with Gasteiger partial charge in [-0.05, 0) is 41.8 Å². The molecule has 2 N–H and O–H groups in total. The van der Waals surface area contributed by atoms with Gasteiger partial charge in [0.25, 0.3) is 0 Å². The van der Waals surface area contributed by atoms with Crippen LogP contribution in [0.15, 0.2) is 42.5 Å². The van der Waals surface area contributed by atoms with Crippen LogP contribution in [0.1, 0.15) is 11.1 Å². The van der Waals surface area contributed by atoms with Crippen LogP contribution >= 0.6 is 11.6 Å². The lowest BCUT2D eigenvalue weighted by Gasteiger charge is -2.08. The van der Waals surface area contributed by atoms with Gasteiger partial charge in [0.1, 0.15) is 5.75 Å². The first-order valence-electron chi connectivity index (χ1n) is 6.94. The maximum Gasteiger partial charge on any atom is 0.228 e. The molecule has 0 aliphatic carbocycles. The van der Waals surface area contributed by atoms with Crippen molar-refractivity contribution in [2.45, 2.75) is 12.8 Å². The van der Waals surface area contributed by atoms with Crippen LogP contribution in [0.4, 0.5) is 5.69 Å². The molecule has 4 nitrogen and oxygen atoms in total. The number of anilines is 1. The summed E-state index contributed by atoms with van der Waals surface area (Å²) in [5.41, 5.74) is 2.49. The van der Waals surface area contributed by atoms with Crippen LogP contribution in [0.5, 0.6) is 5.75 Å². The van der Waals surface area contributed by atoms with Gasteiger partial charge in [0.2, 0.25) is 5.91 Å². The Morgan fingerprint density at radius 2 is 1.95 bits per heavy atom. The van der Waals surface area contributed by atoms with Crippen LogP contribution in [0.3, 0.4) is 0 Å². The minimum Gasteiger partial charge on any atom is -0.497 e. The predicted octanol–water partition coefficient (Wildman–Crippen LogP) is 3.06. The summed E-state index contributed by atoms with van der Waals surface area (Å²) < 4.78 is 5.08. The van der Waals surface area contributed by atoms with Gasteiger partial charge in [0.05, 0.1) is 13.5 Å². The molecule has 0 heterocycles. The van der Waals surface area contributed by atoms with Crippen LogP contribution in [0.25, 0.3) is 0 Å². The van der Waals surface area contributed by atoms with E-state index in [4.69, 9.17) is 21.4 Å². The van der Waals surface area contributed by atoms with E-state index in [1.54, 1.807) is 25.3 Å². The summed E-state index contributed by atoms with van der Waals surface area (Å²) in [4.78, 5) is 12.1. The van der Waals surface area contributed by atoms with E-state index in [1.165, 1.54) is 0 Å². The van der Waals surface area contributed by atoms with Crippen molar-refractivity contribution in [3.8, 4) is 5.75 Å². The molecule has 0 saturated heterocycles. The van der Waals surface area contributed by atoms with Crippen LogP contribution in [-0.4, -0.2) is 24.7 Å². The Morgan fingerprint density at radius 3 is 2.55 bits per heavy atom. The monoisotopic (exact) mass is 319 g/mol. The Labute approximate surface area is 134 Å². The van der Waals surface area contributed by atoms with Crippen LogP contribution in [0.2, 0.25) is 5.02 Å². The lowest BCUT2D eigenvalue weighted by Crippen LogP contribution is -2.14. The van der Waals surface area contributed by atoms with E-state index in [-0.39, 0.29) is 18.9 Å². The molecule has 0 unspecified atom stereocenters. The minimum absolute atomic E-state index is 0.113. The molecule has 0 aromatic heterocycles. The van der Waals surface area contributed by atoms with E-state index in [2.05, 4.69) is 5.32 Å². The van der Waals surface area contributed by atoms with E-state index < -0.39 is 0 Å². The van der Waals surface area contributed by atoms with Crippen LogP contribution in [-0.2, 0) is 17.6 Å². The highest BCUT2D eigenvalue weighted by molar-refractivity contribution is 6.31. The maximum atomic E-state index is 12.1. The van der Waals surface area contributed by atoms with Crippen molar-refractivity contribution >= 4 is 23.2 Å². The fourth-order valence-corrected chi connectivity index (χ4v) is 2.30. The zero-order chi connectivity index (χ0) is 15.9. The number of hydrogen-bond acceptors (Lipinski definition) is 3. The average Bonchev–Trinajstić information content (AvgIpc) is 2.51. The largest absolute Gasteiger partial charge is 0.497 e. The van der Waals surface area contributed by atoms with E-state index >= 15 is 0 Å². The smallest absolute Gasteiger partial charge is 0.228 e. The number of carbonyl (C=O) groups excluding carboxylic acids is 1. The van der Waals surface area contributed by atoms with Crippen molar-refractivity contribution in [3.05, 3.63) is 58.6 Å². The molecule has 2 aromatic carbocycles. The van der Waals surface area contributed by atoms with Crippen molar-refractivity contribution in [2.75, 3.05) is 19.0 Å². The number of ether oxygens (including phenoxy) is 1. The molecule has 0 aliphatic rings. The zero-order valence-electron chi connectivity index (χ0n) is 12.3. The summed E-state index contributed by atoms with van der Waals surface area (Å²) in [6.45, 7) is 0.113. The molecule has 5 heteroatoms. The summed E-state index contributed by atoms with van der Waals surface area (Å²) in [5, 5.41) is 12.2. The van der Waals surface area contributed by atoms with Gasteiger partial charge in [-0.1, -0.05) is 29.8 Å². The molecule has 0 saturated carbocycles. The zero-order valence-corrected chi connectivity index (χ0v) is 13.1. The Bertz CT molecular complexity index is 641. The summed E-state index contributed by atoms with van der Waals surface area (Å²) in [7, 11) is 1.57. The van der Waals surface area contributed by atoms with Crippen molar-refractivity contribution in [1.29, 1.82) is 0 Å². The molecule has 2 aromatic rings. The van der Waals surface area contributed by atoms with Crippen LogP contribution in [0, 0.1) is 0 Å². The number of aliphatic hydroxyl groups is 1. The fourth-order valence-electron chi connectivity index (χ4n) is 2.06. The molecule has 0 aliphatic heterocycles. The molecular weight excluding hydrogens is 302 g/mol. The maximum absolute atomic E-state index is 12.1. The van der Waals surface area contributed by atoms with Crippen LogP contribution < -0.4 is 10.1 Å². The molecule has 0 radical (unpaired) electrons. The molecule has 116 valence electrons. The average molecular weight is 320 g/mol. The summed E-state index contributed by atoms with van der Waals surface area (Å²) in [6, 6.07) is 12.6. The third-order valence-corrected chi connectivity index (χ3v) is 3.60. The number of nitrogens with one attached hydrogen (secondary N) is 1. The van der Waals surface area contributed by atoms with Gasteiger partial charge in [-0.15, -0.1) is 0 Å². The molecule has 2 rings (SSSR count). The summed E-state index contributed by atoms with van der Waals surface area (Å²) in [6.07, 6.45) is 0.802. The van der Waals surface area contributed by atoms with Gasteiger partial charge >= 0.3 is 0 Å². The standard InChI is InChI=1S/C17H18ClNO3/c1-22-15-7-4-13(16(18)11-15)10-17(21)19-14-5-2-12(3-6-14)8-9-20/h2-7,11,20H,8-10H2,1H3,(H,19,21). The van der Waals surface area contributed by atoms with Gasteiger partial charge in [0, 0.05) is 17.3 Å². The molecule has 0 bridgehead atoms. The quantitative estimate of drug-likeness (QED) is 0.860. The number of rotatable bonds is 6. The third-order valence-electron chi connectivity index (χ3n) is 3.25. The topological polar surface area (TPSA) is 58.6 Å². The fraction of sp³-hybridized carbons (Fsp3) is 0.235. The molecule has 1 amide bonds. The second kappa shape index (κ2) is 7.82. The SMILES string of the molecule is COc1ccc(CC(=O)Nc2ccc(CCO)cc2)c(Cl)c1. The molecule has 0 atom stereocenters. The number of hydrogen-bond donors (Lipinski definition) is 2. The Kier molecular flexibility index (Phi) is 5.81. The second-order valence-corrected chi connectivity index (χ2v) is 5.26. The normalized spacial score (nSPS) is 10.3. The summed E-state index contributed by atoms with van der Waals surface area (Å²) in [5.74, 6) is 0.524. The first-order valence-corrected chi connectivity index (χ1v) is 7.32. The number of aliphatic hydroxyl groups excluding tert-OH is 1. The second-order valence-electron chi connectivity index (χ2n) is 4.85. The van der Waals surface area contributed by atoms with Crippen molar-refractivity contribution < 1.29 is 14.6 Å². The predicted molar refractivity (Wildman–Crippen MR) is 87.6 cm³/mol. The number of amides is 1. The first-order chi connectivity index (χ1) is 10.6. The lowest BCUT2D eigenvalue weighted by atomic mass is 10.1. The minimum atomic E-state index is -0.137. The van der Waals surface area contributed by atoms with E-state index in [9.17, 15) is 4.79 Å². The molecule has 0 spiro atoms.